The Kier molecular flexibility index (Phi) is 3.65. The number of hydrogen-bond acceptors (Lipinski definition) is 2. The molecule has 0 spiro atoms. The maximum absolute atomic E-state index is 5.23. The van der Waals surface area contributed by atoms with Gasteiger partial charge in [-0.1, -0.05) is 25.1 Å². The molecule has 0 saturated carbocycles. The minimum absolute atomic E-state index is 0.868. The Labute approximate surface area is 125 Å². The van der Waals surface area contributed by atoms with E-state index in [1.165, 1.54) is 16.5 Å². The molecule has 1 aromatic heterocycles. The third kappa shape index (κ3) is 2.40. The van der Waals surface area contributed by atoms with Crippen molar-refractivity contribution in [2.45, 2.75) is 26.8 Å². The molecule has 0 amide bonds. The van der Waals surface area contributed by atoms with E-state index in [9.17, 15) is 0 Å². The molecule has 1 heterocycles. The Morgan fingerprint density at radius 1 is 1.10 bits per heavy atom. The highest BCUT2D eigenvalue weighted by molar-refractivity contribution is 5.95. The number of benzene rings is 2. The molecule has 0 bridgehead atoms. The van der Waals surface area contributed by atoms with Crippen LogP contribution in [0.5, 0.6) is 5.75 Å². The Bertz CT molecular complexity index is 757. The molecule has 0 fully saturated rings. The monoisotopic (exact) mass is 280 g/mol. The summed E-state index contributed by atoms with van der Waals surface area (Å²) in [7, 11) is 1.68. The third-order valence-electron chi connectivity index (χ3n) is 3.77. The first-order valence-corrected chi connectivity index (χ1v) is 7.35. The average Bonchev–Trinajstić information content (AvgIpc) is 2.88. The number of ether oxygens (including phenoxy) is 1. The van der Waals surface area contributed by atoms with Crippen LogP contribution in [-0.4, -0.2) is 16.9 Å². The van der Waals surface area contributed by atoms with E-state index in [-0.39, 0.29) is 0 Å². The largest absolute Gasteiger partial charge is 0.497 e. The smallest absolute Gasteiger partial charge is 0.118 e. The zero-order valence-corrected chi connectivity index (χ0v) is 12.8. The summed E-state index contributed by atoms with van der Waals surface area (Å²) in [5.41, 5.74) is 4.68. The molecule has 3 heteroatoms. The molecule has 108 valence electrons. The molecule has 0 aliphatic rings. The van der Waals surface area contributed by atoms with Gasteiger partial charge in [0.1, 0.15) is 11.4 Å². The van der Waals surface area contributed by atoms with Crippen LogP contribution in [0.1, 0.15) is 18.9 Å². The quantitative estimate of drug-likeness (QED) is 0.707. The molecular formula is C18H20N2O. The number of para-hydroxylation sites is 1. The lowest BCUT2D eigenvalue weighted by Gasteiger charge is -2.02. The molecule has 0 radical (unpaired) electrons. The van der Waals surface area contributed by atoms with Crippen LogP contribution in [0.2, 0.25) is 0 Å². The van der Waals surface area contributed by atoms with Crippen molar-refractivity contribution < 1.29 is 4.74 Å². The van der Waals surface area contributed by atoms with E-state index in [2.05, 4.69) is 48.9 Å². The second kappa shape index (κ2) is 5.60. The fraction of sp³-hybridized carbons (Fsp3) is 0.278. The van der Waals surface area contributed by atoms with Crippen LogP contribution in [0.3, 0.4) is 0 Å². The Balaban J connectivity index is 2.19. The highest BCUT2D eigenvalue weighted by Gasteiger charge is 2.13. The molecule has 0 aliphatic heterocycles. The van der Waals surface area contributed by atoms with Crippen molar-refractivity contribution in [1.29, 1.82) is 0 Å². The van der Waals surface area contributed by atoms with Gasteiger partial charge in [0.15, 0.2) is 0 Å². The van der Waals surface area contributed by atoms with E-state index in [0.717, 1.165) is 30.0 Å². The van der Waals surface area contributed by atoms with Crippen molar-refractivity contribution in [2.75, 3.05) is 7.11 Å². The number of nitrogens with zero attached hydrogens (tertiary/aromatic N) is 2. The molecule has 3 aromatic rings. The van der Waals surface area contributed by atoms with Crippen molar-refractivity contribution in [2.24, 2.45) is 0 Å². The van der Waals surface area contributed by atoms with Crippen molar-refractivity contribution in [3.8, 4) is 17.0 Å². The first-order valence-electron chi connectivity index (χ1n) is 7.35. The van der Waals surface area contributed by atoms with Crippen LogP contribution in [0, 0.1) is 6.92 Å². The van der Waals surface area contributed by atoms with Gasteiger partial charge < -0.3 is 4.74 Å². The lowest BCUT2D eigenvalue weighted by Crippen LogP contribution is -1.99. The predicted octanol–water partition coefficient (Wildman–Crippen LogP) is 4.43. The van der Waals surface area contributed by atoms with Crippen molar-refractivity contribution in [3.05, 3.63) is 48.0 Å². The van der Waals surface area contributed by atoms with E-state index in [1.807, 2.05) is 12.1 Å². The highest BCUT2D eigenvalue weighted by Crippen LogP contribution is 2.30. The van der Waals surface area contributed by atoms with Crippen LogP contribution in [-0.2, 0) is 6.54 Å². The lowest BCUT2D eigenvalue weighted by molar-refractivity contribution is 0.415. The maximum Gasteiger partial charge on any atom is 0.118 e. The summed E-state index contributed by atoms with van der Waals surface area (Å²) in [6.07, 6.45) is 1.08. The topological polar surface area (TPSA) is 27.1 Å². The number of aromatic nitrogens is 2. The van der Waals surface area contributed by atoms with E-state index in [4.69, 9.17) is 9.84 Å². The zero-order valence-electron chi connectivity index (χ0n) is 12.8. The van der Waals surface area contributed by atoms with E-state index in [1.54, 1.807) is 7.11 Å². The number of aryl methyl sites for hydroxylation is 2. The normalized spacial score (nSPS) is 11.0. The van der Waals surface area contributed by atoms with Crippen molar-refractivity contribution in [3.63, 3.8) is 0 Å². The van der Waals surface area contributed by atoms with Gasteiger partial charge in [0.05, 0.1) is 12.6 Å². The number of rotatable bonds is 4. The van der Waals surface area contributed by atoms with Crippen LogP contribution in [0.25, 0.3) is 22.2 Å². The third-order valence-corrected chi connectivity index (χ3v) is 3.77. The van der Waals surface area contributed by atoms with Gasteiger partial charge in [0.25, 0.3) is 0 Å². The number of hydrogen-bond donors (Lipinski definition) is 0. The molecule has 0 unspecified atom stereocenters. The molecule has 0 saturated heterocycles. The number of methoxy groups -OCH3 is 1. The molecule has 2 aromatic carbocycles. The zero-order chi connectivity index (χ0) is 14.8. The minimum Gasteiger partial charge on any atom is -0.497 e. The van der Waals surface area contributed by atoms with Gasteiger partial charge in [-0.25, -0.2) is 0 Å². The van der Waals surface area contributed by atoms with E-state index < -0.39 is 0 Å². The Hall–Kier alpha value is -2.29. The molecular weight excluding hydrogens is 260 g/mol. The van der Waals surface area contributed by atoms with Crippen LogP contribution in [0.15, 0.2) is 42.5 Å². The summed E-state index contributed by atoms with van der Waals surface area (Å²) in [5, 5.41) is 6.06. The first-order chi connectivity index (χ1) is 10.2. The van der Waals surface area contributed by atoms with E-state index in [0.29, 0.717) is 0 Å². The minimum atomic E-state index is 0.868. The molecule has 0 aliphatic carbocycles. The first kappa shape index (κ1) is 13.7. The lowest BCUT2D eigenvalue weighted by atomic mass is 10.1. The van der Waals surface area contributed by atoms with Crippen LogP contribution in [0.4, 0.5) is 0 Å². The van der Waals surface area contributed by atoms with Gasteiger partial charge in [0.2, 0.25) is 0 Å². The van der Waals surface area contributed by atoms with Crippen LogP contribution < -0.4 is 4.74 Å². The summed E-state index contributed by atoms with van der Waals surface area (Å²) in [5.74, 6) is 0.868. The number of fused-ring (bicyclic) bond motifs is 1. The van der Waals surface area contributed by atoms with Gasteiger partial charge in [-0.15, -0.1) is 0 Å². The Morgan fingerprint density at radius 3 is 2.52 bits per heavy atom. The molecule has 0 atom stereocenters. The van der Waals surface area contributed by atoms with Crippen LogP contribution >= 0.6 is 0 Å². The molecule has 3 rings (SSSR count). The average molecular weight is 280 g/mol. The van der Waals surface area contributed by atoms with Crippen molar-refractivity contribution in [1.82, 2.24) is 9.78 Å². The summed E-state index contributed by atoms with van der Waals surface area (Å²) in [4.78, 5) is 0. The second-order valence-corrected chi connectivity index (χ2v) is 5.27. The van der Waals surface area contributed by atoms with E-state index >= 15 is 0 Å². The molecule has 0 N–H and O–H groups in total. The maximum atomic E-state index is 5.23. The van der Waals surface area contributed by atoms with Gasteiger partial charge in [-0.05, 0) is 43.2 Å². The van der Waals surface area contributed by atoms with Gasteiger partial charge in [-0.2, -0.15) is 5.10 Å². The summed E-state index contributed by atoms with van der Waals surface area (Å²) in [6.45, 7) is 5.27. The molecule has 3 nitrogen and oxygen atoms in total. The van der Waals surface area contributed by atoms with Gasteiger partial charge >= 0.3 is 0 Å². The molecule has 21 heavy (non-hydrogen) atoms. The SMILES string of the molecule is CCCn1nc(-c2ccc(OC)cc2)c2cccc(C)c21. The predicted molar refractivity (Wildman–Crippen MR) is 86.7 cm³/mol. The van der Waals surface area contributed by atoms with Gasteiger partial charge in [0, 0.05) is 17.5 Å². The summed E-state index contributed by atoms with van der Waals surface area (Å²) in [6, 6.07) is 14.5. The van der Waals surface area contributed by atoms with Gasteiger partial charge in [-0.3, -0.25) is 4.68 Å². The highest BCUT2D eigenvalue weighted by atomic mass is 16.5. The summed E-state index contributed by atoms with van der Waals surface area (Å²) < 4.78 is 7.36. The fourth-order valence-electron chi connectivity index (χ4n) is 2.75. The van der Waals surface area contributed by atoms with Crippen molar-refractivity contribution >= 4 is 10.9 Å². The standard InChI is InChI=1S/C18H20N2O/c1-4-12-20-18-13(2)6-5-7-16(18)17(19-20)14-8-10-15(21-3)11-9-14/h5-11H,4,12H2,1-3H3. The Morgan fingerprint density at radius 2 is 1.86 bits per heavy atom. The second-order valence-electron chi connectivity index (χ2n) is 5.27. The summed E-state index contributed by atoms with van der Waals surface area (Å²) >= 11 is 0. The fourth-order valence-corrected chi connectivity index (χ4v) is 2.75.